The Balaban J connectivity index is 2.24. The molecule has 1 aromatic heterocycles. The Morgan fingerprint density at radius 3 is 2.85 bits per heavy atom. The monoisotopic (exact) mass is 271 g/mol. The van der Waals surface area contributed by atoms with Gasteiger partial charge < -0.3 is 10.3 Å². The third-order valence-electron chi connectivity index (χ3n) is 2.99. The first-order valence-electron chi connectivity index (χ1n) is 6.60. The summed E-state index contributed by atoms with van der Waals surface area (Å²) in [6.07, 6.45) is 3.62. The van der Waals surface area contributed by atoms with Gasteiger partial charge in [-0.2, -0.15) is 0 Å². The van der Waals surface area contributed by atoms with Gasteiger partial charge in [-0.1, -0.05) is 31.8 Å². The van der Waals surface area contributed by atoms with Crippen LogP contribution in [0.15, 0.2) is 30.6 Å². The van der Waals surface area contributed by atoms with Gasteiger partial charge in [0.15, 0.2) is 0 Å². The summed E-state index contributed by atoms with van der Waals surface area (Å²) in [5.41, 5.74) is 6.57. The molecule has 20 heavy (non-hydrogen) atoms. The van der Waals surface area contributed by atoms with Crippen molar-refractivity contribution in [3.05, 3.63) is 53.4 Å². The van der Waals surface area contributed by atoms with Crippen LogP contribution in [0, 0.1) is 17.7 Å². The smallest absolute Gasteiger partial charge is 0.129 e. The van der Waals surface area contributed by atoms with Crippen LogP contribution in [0.5, 0.6) is 0 Å². The Kier molecular flexibility index (Phi) is 4.54. The highest BCUT2D eigenvalue weighted by molar-refractivity contribution is 5.37. The second-order valence-corrected chi connectivity index (χ2v) is 4.88. The van der Waals surface area contributed by atoms with Crippen LogP contribution >= 0.6 is 0 Å². The Bertz CT molecular complexity index is 647. The molecule has 1 aromatic carbocycles. The minimum atomic E-state index is -0.253. The van der Waals surface area contributed by atoms with Crippen LogP contribution in [0.4, 0.5) is 4.39 Å². The average molecular weight is 271 g/mol. The van der Waals surface area contributed by atoms with Crippen molar-refractivity contribution in [1.82, 2.24) is 9.55 Å². The number of hydrogen-bond donors (Lipinski definition) is 1. The molecule has 0 saturated carbocycles. The van der Waals surface area contributed by atoms with E-state index in [0.29, 0.717) is 23.6 Å². The minimum Gasteiger partial charge on any atom is -0.330 e. The average Bonchev–Trinajstić information content (AvgIpc) is 2.87. The predicted molar refractivity (Wildman–Crippen MR) is 77.8 cm³/mol. The van der Waals surface area contributed by atoms with E-state index in [1.54, 1.807) is 12.3 Å². The molecule has 0 aliphatic carbocycles. The lowest BCUT2D eigenvalue weighted by Crippen LogP contribution is -2.07. The molecule has 0 spiro atoms. The number of nitrogens with two attached hydrogens (primary N) is 1. The lowest BCUT2D eigenvalue weighted by molar-refractivity contribution is 0.588. The van der Waals surface area contributed by atoms with Gasteiger partial charge in [0, 0.05) is 29.4 Å². The van der Waals surface area contributed by atoms with Crippen molar-refractivity contribution in [1.29, 1.82) is 0 Å². The van der Waals surface area contributed by atoms with Crippen LogP contribution in [-0.2, 0) is 6.54 Å². The van der Waals surface area contributed by atoms with E-state index in [2.05, 4.69) is 30.7 Å². The quantitative estimate of drug-likeness (QED) is 0.872. The summed E-state index contributed by atoms with van der Waals surface area (Å²) in [4.78, 5) is 4.30. The number of hydrogen-bond acceptors (Lipinski definition) is 2. The molecule has 0 aliphatic rings. The molecule has 2 N–H and O–H groups in total. The van der Waals surface area contributed by atoms with Gasteiger partial charge in [-0.05, 0) is 12.1 Å². The fraction of sp³-hybridized carbons (Fsp3) is 0.312. The van der Waals surface area contributed by atoms with Crippen molar-refractivity contribution in [3.8, 4) is 11.8 Å². The third kappa shape index (κ3) is 3.25. The molecule has 0 atom stereocenters. The number of aromatic nitrogens is 2. The standard InChI is InChI=1S/C16H18FN3/c1-12(2)16-19-8-9-20(16)11-14-6-5-13(4-3-7-18)10-15(14)17/h5-6,8-10,12H,7,11,18H2,1-2H3. The molecular formula is C16H18FN3. The van der Waals surface area contributed by atoms with Crippen molar-refractivity contribution in [2.24, 2.45) is 5.73 Å². The molecule has 0 saturated heterocycles. The molecule has 3 nitrogen and oxygen atoms in total. The first-order chi connectivity index (χ1) is 9.61. The number of rotatable bonds is 3. The van der Waals surface area contributed by atoms with Gasteiger partial charge in [-0.15, -0.1) is 0 Å². The van der Waals surface area contributed by atoms with Crippen LogP contribution in [-0.4, -0.2) is 16.1 Å². The molecule has 0 bridgehead atoms. The largest absolute Gasteiger partial charge is 0.330 e. The van der Waals surface area contributed by atoms with Crippen molar-refractivity contribution < 1.29 is 4.39 Å². The molecule has 0 unspecified atom stereocenters. The van der Waals surface area contributed by atoms with Crippen molar-refractivity contribution in [2.45, 2.75) is 26.3 Å². The Morgan fingerprint density at radius 1 is 1.40 bits per heavy atom. The normalized spacial score (nSPS) is 10.4. The van der Waals surface area contributed by atoms with Crippen LogP contribution < -0.4 is 5.73 Å². The van der Waals surface area contributed by atoms with Crippen LogP contribution in [0.25, 0.3) is 0 Å². The van der Waals surface area contributed by atoms with E-state index in [0.717, 1.165) is 5.82 Å². The first kappa shape index (κ1) is 14.3. The Hall–Kier alpha value is -2.12. The summed E-state index contributed by atoms with van der Waals surface area (Å²) in [5, 5.41) is 0. The van der Waals surface area contributed by atoms with Crippen LogP contribution in [0.1, 0.15) is 36.7 Å². The molecule has 0 radical (unpaired) electrons. The number of benzene rings is 1. The molecule has 0 fully saturated rings. The van der Waals surface area contributed by atoms with Gasteiger partial charge in [0.2, 0.25) is 0 Å². The maximum Gasteiger partial charge on any atom is 0.129 e. The van der Waals surface area contributed by atoms with E-state index in [9.17, 15) is 4.39 Å². The van der Waals surface area contributed by atoms with Crippen LogP contribution in [0.2, 0.25) is 0 Å². The van der Waals surface area contributed by atoms with Crippen LogP contribution in [0.3, 0.4) is 0 Å². The summed E-state index contributed by atoms with van der Waals surface area (Å²) < 4.78 is 16.0. The molecule has 1 heterocycles. The van der Waals surface area contributed by atoms with E-state index in [4.69, 9.17) is 5.73 Å². The summed E-state index contributed by atoms with van der Waals surface area (Å²) in [7, 11) is 0. The molecule has 104 valence electrons. The third-order valence-corrected chi connectivity index (χ3v) is 2.99. The van der Waals surface area contributed by atoms with Gasteiger partial charge in [0.25, 0.3) is 0 Å². The van der Waals surface area contributed by atoms with E-state index in [1.165, 1.54) is 6.07 Å². The van der Waals surface area contributed by atoms with Crippen molar-refractivity contribution in [2.75, 3.05) is 6.54 Å². The highest BCUT2D eigenvalue weighted by atomic mass is 19.1. The maximum absolute atomic E-state index is 14.1. The topological polar surface area (TPSA) is 43.8 Å². The van der Waals surface area contributed by atoms with E-state index < -0.39 is 0 Å². The molecule has 0 amide bonds. The van der Waals surface area contributed by atoms with E-state index >= 15 is 0 Å². The molecule has 4 heteroatoms. The van der Waals surface area contributed by atoms with E-state index in [-0.39, 0.29) is 12.4 Å². The zero-order valence-electron chi connectivity index (χ0n) is 11.7. The van der Waals surface area contributed by atoms with Gasteiger partial charge in [0.05, 0.1) is 13.1 Å². The highest BCUT2D eigenvalue weighted by Crippen LogP contribution is 2.16. The predicted octanol–water partition coefficient (Wildman–Crippen LogP) is 2.50. The summed E-state index contributed by atoms with van der Waals surface area (Å²) in [6.45, 7) is 4.89. The number of halogens is 1. The zero-order valence-corrected chi connectivity index (χ0v) is 11.7. The maximum atomic E-state index is 14.1. The van der Waals surface area contributed by atoms with Gasteiger partial charge in [0.1, 0.15) is 11.6 Å². The lowest BCUT2D eigenvalue weighted by Gasteiger charge is -2.11. The minimum absolute atomic E-state index is 0.253. The fourth-order valence-corrected chi connectivity index (χ4v) is 2.05. The second-order valence-electron chi connectivity index (χ2n) is 4.88. The van der Waals surface area contributed by atoms with Gasteiger partial charge >= 0.3 is 0 Å². The summed E-state index contributed by atoms with van der Waals surface area (Å²) in [6, 6.07) is 5.02. The van der Waals surface area contributed by atoms with E-state index in [1.807, 2.05) is 16.8 Å². The number of imidazole rings is 1. The molecule has 0 aliphatic heterocycles. The van der Waals surface area contributed by atoms with Gasteiger partial charge in [-0.25, -0.2) is 9.37 Å². The van der Waals surface area contributed by atoms with Crippen molar-refractivity contribution in [3.63, 3.8) is 0 Å². The fourth-order valence-electron chi connectivity index (χ4n) is 2.05. The van der Waals surface area contributed by atoms with Gasteiger partial charge in [-0.3, -0.25) is 0 Å². The second kappa shape index (κ2) is 6.36. The Morgan fingerprint density at radius 2 is 2.20 bits per heavy atom. The van der Waals surface area contributed by atoms with Crippen molar-refractivity contribution >= 4 is 0 Å². The lowest BCUT2D eigenvalue weighted by atomic mass is 10.1. The molecular weight excluding hydrogens is 253 g/mol. The number of nitrogens with zero attached hydrogens (tertiary/aromatic N) is 2. The Labute approximate surface area is 118 Å². The molecule has 2 aromatic rings. The summed E-state index contributed by atoms with van der Waals surface area (Å²) >= 11 is 0. The summed E-state index contributed by atoms with van der Waals surface area (Å²) in [5.74, 6) is 6.55. The highest BCUT2D eigenvalue weighted by Gasteiger charge is 2.10. The SMILES string of the molecule is CC(C)c1nccn1Cc1ccc(C#CCN)cc1F. The zero-order chi connectivity index (χ0) is 14.5. The molecule has 2 rings (SSSR count). The first-order valence-corrected chi connectivity index (χ1v) is 6.60.